The smallest absolute Gasteiger partial charge is 0.149 e. The number of nitrogens with zero attached hydrogens (tertiary/aromatic N) is 2. The van der Waals surface area contributed by atoms with Gasteiger partial charge in [0.15, 0.2) is 0 Å². The first kappa shape index (κ1) is 11.0. The first-order chi connectivity index (χ1) is 7.72. The number of hydrogen-bond acceptors (Lipinski definition) is 3. The van der Waals surface area contributed by atoms with Gasteiger partial charge in [0, 0.05) is 23.5 Å². The molecule has 0 spiro atoms. The molecule has 0 aliphatic heterocycles. The Morgan fingerprint density at radius 1 is 1.31 bits per heavy atom. The van der Waals surface area contributed by atoms with Crippen LogP contribution in [0.3, 0.4) is 0 Å². The number of aliphatic hydroxyl groups excluding tert-OH is 1. The van der Waals surface area contributed by atoms with Crippen LogP contribution in [0.5, 0.6) is 0 Å². The van der Waals surface area contributed by atoms with Gasteiger partial charge >= 0.3 is 0 Å². The maximum Gasteiger partial charge on any atom is 0.149 e. The zero-order chi connectivity index (χ0) is 11.5. The van der Waals surface area contributed by atoms with Crippen molar-refractivity contribution in [3.8, 4) is 11.1 Å². The number of aliphatic hydroxyl groups is 1. The maximum absolute atomic E-state index is 13.5. The van der Waals surface area contributed by atoms with Crippen molar-refractivity contribution in [1.29, 1.82) is 0 Å². The van der Waals surface area contributed by atoms with E-state index in [4.69, 9.17) is 11.6 Å². The summed E-state index contributed by atoms with van der Waals surface area (Å²) in [6, 6.07) is 3.04. The molecular weight excluding hydrogens is 231 g/mol. The van der Waals surface area contributed by atoms with Gasteiger partial charge in [0.25, 0.3) is 0 Å². The van der Waals surface area contributed by atoms with Crippen molar-refractivity contribution in [2.24, 2.45) is 0 Å². The lowest BCUT2D eigenvalue weighted by Gasteiger charge is -2.07. The van der Waals surface area contributed by atoms with Gasteiger partial charge in [0.1, 0.15) is 11.0 Å². The highest BCUT2D eigenvalue weighted by Gasteiger charge is 2.10. The fourth-order valence-electron chi connectivity index (χ4n) is 1.43. The van der Waals surface area contributed by atoms with E-state index in [1.54, 1.807) is 0 Å². The summed E-state index contributed by atoms with van der Waals surface area (Å²) in [5.74, 6) is -0.457. The van der Waals surface area contributed by atoms with Crippen molar-refractivity contribution < 1.29 is 9.50 Å². The van der Waals surface area contributed by atoms with Gasteiger partial charge < -0.3 is 5.11 Å². The number of halogens is 2. The summed E-state index contributed by atoms with van der Waals surface area (Å²) in [6.45, 7) is -0.223. The third-order valence-corrected chi connectivity index (χ3v) is 2.40. The quantitative estimate of drug-likeness (QED) is 0.818. The minimum Gasteiger partial charge on any atom is -0.392 e. The van der Waals surface area contributed by atoms with E-state index in [1.807, 2.05) is 0 Å². The average Bonchev–Trinajstić information content (AvgIpc) is 2.30. The molecule has 0 saturated heterocycles. The molecule has 0 saturated carbocycles. The third kappa shape index (κ3) is 2.03. The Bertz CT molecular complexity index is 519. The average molecular weight is 239 g/mol. The zero-order valence-electron chi connectivity index (χ0n) is 8.19. The van der Waals surface area contributed by atoms with Crippen LogP contribution in [-0.2, 0) is 6.61 Å². The fraction of sp³-hybridized carbons (Fsp3) is 0.0909. The van der Waals surface area contributed by atoms with Crippen LogP contribution in [0.15, 0.2) is 30.7 Å². The predicted molar refractivity (Wildman–Crippen MR) is 58.4 cm³/mol. The van der Waals surface area contributed by atoms with Crippen LogP contribution in [0, 0.1) is 5.82 Å². The highest BCUT2D eigenvalue weighted by Crippen LogP contribution is 2.26. The second kappa shape index (κ2) is 4.55. The lowest BCUT2D eigenvalue weighted by molar-refractivity contribution is 0.282. The van der Waals surface area contributed by atoms with Crippen LogP contribution in [0.1, 0.15) is 5.56 Å². The summed E-state index contributed by atoms with van der Waals surface area (Å²) in [6.07, 6.45) is 4.03. The summed E-state index contributed by atoms with van der Waals surface area (Å²) in [4.78, 5) is 7.53. The Kier molecular flexibility index (Phi) is 3.12. The van der Waals surface area contributed by atoms with Gasteiger partial charge in [-0.05, 0) is 17.7 Å². The van der Waals surface area contributed by atoms with Gasteiger partial charge in [0.05, 0.1) is 12.8 Å². The highest BCUT2D eigenvalue weighted by atomic mass is 35.5. The summed E-state index contributed by atoms with van der Waals surface area (Å²) in [7, 11) is 0. The Morgan fingerprint density at radius 2 is 2.12 bits per heavy atom. The van der Waals surface area contributed by atoms with E-state index in [0.717, 1.165) is 6.20 Å². The maximum atomic E-state index is 13.5. The van der Waals surface area contributed by atoms with Gasteiger partial charge in [-0.1, -0.05) is 11.6 Å². The van der Waals surface area contributed by atoms with E-state index >= 15 is 0 Å². The molecule has 2 aromatic rings. The molecule has 0 unspecified atom stereocenters. The molecule has 2 aromatic heterocycles. The Hall–Kier alpha value is -1.52. The van der Waals surface area contributed by atoms with Gasteiger partial charge in [-0.3, -0.25) is 4.98 Å². The van der Waals surface area contributed by atoms with Crippen LogP contribution in [0.4, 0.5) is 4.39 Å². The van der Waals surface area contributed by atoms with E-state index in [0.29, 0.717) is 16.7 Å². The molecule has 0 bridgehead atoms. The zero-order valence-corrected chi connectivity index (χ0v) is 8.95. The van der Waals surface area contributed by atoms with E-state index in [9.17, 15) is 9.50 Å². The molecule has 16 heavy (non-hydrogen) atoms. The predicted octanol–water partition coefficient (Wildman–Crippen LogP) is 2.43. The minimum absolute atomic E-state index is 0.223. The molecule has 0 radical (unpaired) electrons. The SMILES string of the molecule is OCc1cc(Cl)ncc1-c1ccncc1F. The summed E-state index contributed by atoms with van der Waals surface area (Å²) >= 11 is 5.69. The molecule has 5 heteroatoms. The number of pyridine rings is 2. The van der Waals surface area contributed by atoms with Crippen molar-refractivity contribution in [1.82, 2.24) is 9.97 Å². The molecule has 2 heterocycles. The molecular formula is C11H8ClFN2O. The van der Waals surface area contributed by atoms with Crippen molar-refractivity contribution in [2.45, 2.75) is 6.61 Å². The Balaban J connectivity index is 2.60. The third-order valence-electron chi connectivity index (χ3n) is 2.19. The molecule has 2 rings (SSSR count). The monoisotopic (exact) mass is 238 g/mol. The van der Waals surface area contributed by atoms with Gasteiger partial charge in [0.2, 0.25) is 0 Å². The van der Waals surface area contributed by atoms with Crippen molar-refractivity contribution in [3.05, 3.63) is 47.3 Å². The first-order valence-electron chi connectivity index (χ1n) is 4.57. The summed E-state index contributed by atoms with van der Waals surface area (Å²) in [5, 5.41) is 9.44. The lowest BCUT2D eigenvalue weighted by atomic mass is 10.0. The molecule has 82 valence electrons. The van der Waals surface area contributed by atoms with Crippen LogP contribution >= 0.6 is 11.6 Å². The van der Waals surface area contributed by atoms with Crippen LogP contribution in [0.2, 0.25) is 5.15 Å². The number of rotatable bonds is 2. The Morgan fingerprint density at radius 3 is 2.81 bits per heavy atom. The van der Waals surface area contributed by atoms with Crippen molar-refractivity contribution in [2.75, 3.05) is 0 Å². The number of hydrogen-bond donors (Lipinski definition) is 1. The lowest BCUT2D eigenvalue weighted by Crippen LogP contribution is -1.94. The molecule has 0 aliphatic carbocycles. The van der Waals surface area contributed by atoms with E-state index in [2.05, 4.69) is 9.97 Å². The molecule has 3 nitrogen and oxygen atoms in total. The Labute approximate surface area is 96.6 Å². The number of aromatic nitrogens is 2. The normalized spacial score (nSPS) is 10.4. The van der Waals surface area contributed by atoms with Crippen molar-refractivity contribution >= 4 is 11.6 Å². The van der Waals surface area contributed by atoms with E-state index in [-0.39, 0.29) is 11.8 Å². The van der Waals surface area contributed by atoms with E-state index in [1.165, 1.54) is 24.5 Å². The second-order valence-electron chi connectivity index (χ2n) is 3.18. The topological polar surface area (TPSA) is 46.0 Å². The molecule has 0 aliphatic rings. The minimum atomic E-state index is -0.457. The van der Waals surface area contributed by atoms with Crippen LogP contribution < -0.4 is 0 Å². The van der Waals surface area contributed by atoms with Gasteiger partial charge in [-0.15, -0.1) is 0 Å². The largest absolute Gasteiger partial charge is 0.392 e. The molecule has 0 aromatic carbocycles. The summed E-state index contributed by atoms with van der Waals surface area (Å²) < 4.78 is 13.5. The van der Waals surface area contributed by atoms with Gasteiger partial charge in [-0.2, -0.15) is 0 Å². The standard InChI is InChI=1S/C11H8ClFN2O/c12-11-3-7(6-16)9(4-15-11)8-1-2-14-5-10(8)13/h1-5,16H,6H2. The fourth-order valence-corrected chi connectivity index (χ4v) is 1.62. The first-order valence-corrected chi connectivity index (χ1v) is 4.95. The second-order valence-corrected chi connectivity index (χ2v) is 3.57. The van der Waals surface area contributed by atoms with Crippen LogP contribution in [0.25, 0.3) is 11.1 Å². The van der Waals surface area contributed by atoms with Crippen LogP contribution in [-0.4, -0.2) is 15.1 Å². The molecule has 1 N–H and O–H groups in total. The van der Waals surface area contributed by atoms with E-state index < -0.39 is 5.82 Å². The highest BCUT2D eigenvalue weighted by molar-refractivity contribution is 6.29. The van der Waals surface area contributed by atoms with Crippen molar-refractivity contribution in [3.63, 3.8) is 0 Å². The molecule has 0 amide bonds. The molecule has 0 atom stereocenters. The molecule has 0 fully saturated rings. The summed E-state index contributed by atoms with van der Waals surface area (Å²) in [5.41, 5.74) is 1.40. The van der Waals surface area contributed by atoms with Gasteiger partial charge in [-0.25, -0.2) is 9.37 Å².